The van der Waals surface area contributed by atoms with Crippen LogP contribution in [0.1, 0.15) is 19.3 Å². The van der Waals surface area contributed by atoms with Crippen molar-refractivity contribution >= 4 is 0 Å². The number of methoxy groups -OCH3 is 1. The van der Waals surface area contributed by atoms with E-state index in [2.05, 4.69) is 17.9 Å². The molecule has 0 N–H and O–H groups in total. The summed E-state index contributed by atoms with van der Waals surface area (Å²) in [5.74, 6) is 0. The number of ether oxygens (including phenoxy) is 2. The van der Waals surface area contributed by atoms with Crippen LogP contribution < -0.4 is 0 Å². The molecule has 0 saturated carbocycles. The Kier molecular flexibility index (Phi) is 9.05. The van der Waals surface area contributed by atoms with E-state index < -0.39 is 0 Å². The predicted octanol–water partition coefficient (Wildman–Crippen LogP) is 2.56. The maximum Gasteiger partial charge on any atom is 0.0753 e. The van der Waals surface area contributed by atoms with E-state index in [9.17, 15) is 0 Å². The molecule has 0 bridgehead atoms. The number of hydrogen-bond donors (Lipinski definition) is 0. The van der Waals surface area contributed by atoms with Gasteiger partial charge >= 0.3 is 0 Å². The molecule has 1 saturated heterocycles. The molecule has 0 aromatic heterocycles. The van der Waals surface area contributed by atoms with Crippen molar-refractivity contribution in [1.29, 1.82) is 0 Å². The molecule has 1 unspecified atom stereocenters. The first-order chi connectivity index (χ1) is 6.35. The van der Waals surface area contributed by atoms with Crippen LogP contribution in [-0.2, 0) is 9.47 Å². The molecular weight excluding hydrogens is 164 g/mol. The Morgan fingerprint density at radius 2 is 2.23 bits per heavy atom. The summed E-state index contributed by atoms with van der Waals surface area (Å²) in [4.78, 5) is 0. The van der Waals surface area contributed by atoms with Crippen LogP contribution in [0.5, 0.6) is 0 Å². The summed E-state index contributed by atoms with van der Waals surface area (Å²) in [6, 6.07) is 0. The molecule has 1 atom stereocenters. The van der Waals surface area contributed by atoms with Gasteiger partial charge in [0, 0.05) is 13.7 Å². The molecule has 0 aliphatic carbocycles. The molecule has 0 amide bonds. The second-order valence-corrected chi connectivity index (χ2v) is 2.88. The molecule has 1 aliphatic rings. The monoisotopic (exact) mass is 184 g/mol. The van der Waals surface area contributed by atoms with Crippen molar-refractivity contribution < 1.29 is 9.47 Å². The molecule has 0 aromatic rings. The lowest BCUT2D eigenvalue weighted by molar-refractivity contribution is 0.0468. The van der Waals surface area contributed by atoms with Crippen LogP contribution in [0.2, 0.25) is 0 Å². The van der Waals surface area contributed by atoms with Gasteiger partial charge in [0.05, 0.1) is 12.7 Å². The minimum absolute atomic E-state index is 0.351. The van der Waals surface area contributed by atoms with Gasteiger partial charge in [-0.25, -0.2) is 0 Å². The molecule has 13 heavy (non-hydrogen) atoms. The molecule has 0 spiro atoms. The van der Waals surface area contributed by atoms with Crippen LogP contribution in [0.4, 0.5) is 0 Å². The van der Waals surface area contributed by atoms with Gasteiger partial charge in [0.1, 0.15) is 0 Å². The summed E-state index contributed by atoms with van der Waals surface area (Å²) in [7, 11) is 1.64. The van der Waals surface area contributed by atoms with E-state index in [1.165, 1.54) is 19.3 Å². The first kappa shape index (κ1) is 12.4. The summed E-state index contributed by atoms with van der Waals surface area (Å²) in [5.41, 5.74) is 0. The largest absolute Gasteiger partial charge is 0.381 e. The first-order valence-electron chi connectivity index (χ1n) is 4.69. The van der Waals surface area contributed by atoms with Gasteiger partial charge in [-0.1, -0.05) is 12.2 Å². The van der Waals surface area contributed by atoms with Crippen LogP contribution in [0.15, 0.2) is 25.3 Å². The molecule has 1 aliphatic heterocycles. The van der Waals surface area contributed by atoms with Crippen LogP contribution in [-0.4, -0.2) is 26.4 Å². The van der Waals surface area contributed by atoms with E-state index in [0.717, 1.165) is 6.61 Å². The molecule has 76 valence electrons. The SMILES string of the molecule is C=CC1CCCCO1.C=CCOC. The molecular formula is C11H20O2. The van der Waals surface area contributed by atoms with Crippen molar-refractivity contribution in [3.05, 3.63) is 25.3 Å². The van der Waals surface area contributed by atoms with Crippen LogP contribution >= 0.6 is 0 Å². The van der Waals surface area contributed by atoms with Crippen molar-refractivity contribution in [3.8, 4) is 0 Å². The zero-order valence-electron chi connectivity index (χ0n) is 8.50. The Balaban J connectivity index is 0.000000252. The van der Waals surface area contributed by atoms with Crippen molar-refractivity contribution in [2.45, 2.75) is 25.4 Å². The number of rotatable bonds is 3. The van der Waals surface area contributed by atoms with E-state index in [0.29, 0.717) is 12.7 Å². The molecule has 1 fully saturated rings. The average molecular weight is 184 g/mol. The second kappa shape index (κ2) is 9.49. The summed E-state index contributed by atoms with van der Waals surface area (Å²) >= 11 is 0. The highest BCUT2D eigenvalue weighted by atomic mass is 16.5. The zero-order valence-corrected chi connectivity index (χ0v) is 8.50. The molecule has 2 heteroatoms. The van der Waals surface area contributed by atoms with Gasteiger partial charge in [0.15, 0.2) is 0 Å². The third-order valence-electron chi connectivity index (χ3n) is 1.76. The average Bonchev–Trinajstić information content (AvgIpc) is 2.21. The predicted molar refractivity (Wildman–Crippen MR) is 55.9 cm³/mol. The van der Waals surface area contributed by atoms with Crippen molar-refractivity contribution in [3.63, 3.8) is 0 Å². The fraction of sp³-hybridized carbons (Fsp3) is 0.636. The van der Waals surface area contributed by atoms with Crippen molar-refractivity contribution in [2.24, 2.45) is 0 Å². The molecule has 0 aromatic carbocycles. The zero-order chi connectivity index (χ0) is 9.94. The highest BCUT2D eigenvalue weighted by Gasteiger charge is 2.07. The van der Waals surface area contributed by atoms with E-state index in [4.69, 9.17) is 4.74 Å². The second-order valence-electron chi connectivity index (χ2n) is 2.88. The van der Waals surface area contributed by atoms with E-state index in [-0.39, 0.29) is 0 Å². The highest BCUT2D eigenvalue weighted by molar-refractivity contribution is 4.81. The van der Waals surface area contributed by atoms with Crippen LogP contribution in [0.25, 0.3) is 0 Å². The molecule has 1 rings (SSSR count). The van der Waals surface area contributed by atoms with Gasteiger partial charge in [-0.3, -0.25) is 0 Å². The minimum atomic E-state index is 0.351. The third-order valence-corrected chi connectivity index (χ3v) is 1.76. The maximum absolute atomic E-state index is 5.31. The Labute approximate surface area is 81.2 Å². The fourth-order valence-corrected chi connectivity index (χ4v) is 1.07. The molecule has 1 heterocycles. The van der Waals surface area contributed by atoms with Gasteiger partial charge in [0.2, 0.25) is 0 Å². The first-order valence-corrected chi connectivity index (χ1v) is 4.69. The topological polar surface area (TPSA) is 18.5 Å². The third kappa shape index (κ3) is 7.75. The molecule has 0 radical (unpaired) electrons. The lowest BCUT2D eigenvalue weighted by Gasteiger charge is -2.18. The van der Waals surface area contributed by atoms with E-state index in [1.54, 1.807) is 13.2 Å². The number of hydrogen-bond acceptors (Lipinski definition) is 2. The smallest absolute Gasteiger partial charge is 0.0753 e. The Morgan fingerprint density at radius 3 is 2.46 bits per heavy atom. The fourth-order valence-electron chi connectivity index (χ4n) is 1.07. The van der Waals surface area contributed by atoms with Gasteiger partial charge in [-0.15, -0.1) is 13.2 Å². The minimum Gasteiger partial charge on any atom is -0.381 e. The summed E-state index contributed by atoms with van der Waals surface area (Å²) in [6.07, 6.45) is 7.65. The van der Waals surface area contributed by atoms with Gasteiger partial charge in [0.25, 0.3) is 0 Å². The lowest BCUT2D eigenvalue weighted by Crippen LogP contribution is -2.15. The van der Waals surface area contributed by atoms with Crippen LogP contribution in [0, 0.1) is 0 Å². The van der Waals surface area contributed by atoms with Gasteiger partial charge < -0.3 is 9.47 Å². The maximum atomic E-state index is 5.31. The van der Waals surface area contributed by atoms with Gasteiger partial charge in [-0.05, 0) is 19.3 Å². The quantitative estimate of drug-likeness (QED) is 0.628. The van der Waals surface area contributed by atoms with Crippen molar-refractivity contribution in [1.82, 2.24) is 0 Å². The van der Waals surface area contributed by atoms with Crippen molar-refractivity contribution in [2.75, 3.05) is 20.3 Å². The van der Waals surface area contributed by atoms with E-state index in [1.807, 2.05) is 6.08 Å². The van der Waals surface area contributed by atoms with Crippen LogP contribution in [0.3, 0.4) is 0 Å². The standard InChI is InChI=1S/C7H12O.C4H8O/c1-2-7-5-3-4-6-8-7;1-3-4-5-2/h2,7H,1,3-6H2;3H,1,4H2,2H3. The summed E-state index contributed by atoms with van der Waals surface area (Å²) < 4.78 is 9.88. The Bertz CT molecular complexity index is 126. The highest BCUT2D eigenvalue weighted by Crippen LogP contribution is 2.12. The Morgan fingerprint density at radius 1 is 1.46 bits per heavy atom. The van der Waals surface area contributed by atoms with Gasteiger partial charge in [-0.2, -0.15) is 0 Å². The lowest BCUT2D eigenvalue weighted by atomic mass is 10.1. The van der Waals surface area contributed by atoms with E-state index >= 15 is 0 Å². The molecule has 2 nitrogen and oxygen atoms in total. The summed E-state index contributed by atoms with van der Waals surface area (Å²) in [6.45, 7) is 8.66. The Hall–Kier alpha value is -0.600. The normalized spacial score (nSPS) is 21.2. The summed E-state index contributed by atoms with van der Waals surface area (Å²) in [5, 5.41) is 0.